The van der Waals surface area contributed by atoms with Crippen LogP contribution in [-0.2, 0) is 17.9 Å². The molecule has 0 saturated carbocycles. The summed E-state index contributed by atoms with van der Waals surface area (Å²) < 4.78 is 2.19. The molecule has 0 bridgehead atoms. The van der Waals surface area contributed by atoms with Crippen LogP contribution in [0.15, 0.2) is 42.6 Å². The Morgan fingerprint density at radius 2 is 1.96 bits per heavy atom. The van der Waals surface area contributed by atoms with Crippen LogP contribution in [-0.4, -0.2) is 21.4 Å². The molecule has 0 aliphatic rings. The fourth-order valence-electron chi connectivity index (χ4n) is 2.83. The second-order valence-electron chi connectivity index (χ2n) is 7.70. The molecule has 0 saturated heterocycles. The van der Waals surface area contributed by atoms with Crippen LogP contribution < -0.4 is 0 Å². The topological polar surface area (TPSA) is 25.2 Å². The van der Waals surface area contributed by atoms with E-state index in [1.54, 1.807) is 0 Å². The van der Waals surface area contributed by atoms with Gasteiger partial charge in [0.2, 0.25) is 5.91 Å². The number of nitrogens with zero attached hydrogens (tertiary/aromatic N) is 2. The van der Waals surface area contributed by atoms with Gasteiger partial charge in [-0.05, 0) is 43.2 Å². The zero-order valence-corrected chi connectivity index (χ0v) is 16.7. The summed E-state index contributed by atoms with van der Waals surface area (Å²) in [6, 6.07) is 12.2. The van der Waals surface area contributed by atoms with Crippen molar-refractivity contribution < 1.29 is 4.79 Å². The summed E-state index contributed by atoms with van der Waals surface area (Å²) in [4.78, 5) is 14.9. The van der Waals surface area contributed by atoms with Crippen molar-refractivity contribution in [1.82, 2.24) is 9.47 Å². The fraction of sp³-hybridized carbons (Fsp3) is 0.476. The number of rotatable bonds is 6. The molecule has 25 heavy (non-hydrogen) atoms. The number of carbonyl (C=O) groups is 1. The third-order valence-electron chi connectivity index (χ3n) is 4.52. The van der Waals surface area contributed by atoms with Crippen molar-refractivity contribution in [3.05, 3.63) is 58.9 Å². The van der Waals surface area contributed by atoms with Crippen molar-refractivity contribution in [2.24, 2.45) is 5.41 Å². The second kappa shape index (κ2) is 8.09. The summed E-state index contributed by atoms with van der Waals surface area (Å²) in [7, 11) is 0. The molecule has 0 spiro atoms. The molecule has 2 aromatic rings. The number of hydrogen-bond donors (Lipinski definition) is 0. The Morgan fingerprint density at radius 3 is 2.56 bits per heavy atom. The van der Waals surface area contributed by atoms with E-state index in [-0.39, 0.29) is 17.4 Å². The maximum atomic E-state index is 12.9. The van der Waals surface area contributed by atoms with Gasteiger partial charge in [0, 0.05) is 34.9 Å². The lowest BCUT2D eigenvalue weighted by atomic mass is 9.93. The lowest BCUT2D eigenvalue weighted by molar-refractivity contribution is -0.142. The van der Waals surface area contributed by atoms with Gasteiger partial charge in [-0.1, -0.05) is 51.4 Å². The van der Waals surface area contributed by atoms with Gasteiger partial charge in [0.25, 0.3) is 0 Å². The molecule has 4 heteroatoms. The molecule has 1 heterocycles. The van der Waals surface area contributed by atoms with Gasteiger partial charge >= 0.3 is 0 Å². The van der Waals surface area contributed by atoms with Crippen LogP contribution in [0.4, 0.5) is 0 Å². The molecule has 1 aromatic heterocycles. The van der Waals surface area contributed by atoms with Gasteiger partial charge in [0.05, 0.1) is 6.54 Å². The average Bonchev–Trinajstić information content (AvgIpc) is 2.97. The van der Waals surface area contributed by atoms with Gasteiger partial charge in [0.15, 0.2) is 0 Å². The van der Waals surface area contributed by atoms with E-state index in [0.29, 0.717) is 6.54 Å². The van der Waals surface area contributed by atoms with Crippen LogP contribution in [0.5, 0.6) is 0 Å². The molecule has 136 valence electrons. The zero-order valence-electron chi connectivity index (χ0n) is 15.9. The number of carbonyl (C=O) groups excluding carboxylic acids is 1. The summed E-state index contributed by atoms with van der Waals surface area (Å²) >= 11 is 6.10. The Balaban J connectivity index is 2.23. The van der Waals surface area contributed by atoms with Gasteiger partial charge in [-0.25, -0.2) is 0 Å². The minimum atomic E-state index is -0.381. The lowest BCUT2D eigenvalue weighted by Crippen LogP contribution is -2.44. The Morgan fingerprint density at radius 1 is 1.24 bits per heavy atom. The highest BCUT2D eigenvalue weighted by molar-refractivity contribution is 6.30. The summed E-state index contributed by atoms with van der Waals surface area (Å²) in [5.41, 5.74) is 1.91. The van der Waals surface area contributed by atoms with E-state index >= 15 is 0 Å². The molecule has 1 amide bonds. The van der Waals surface area contributed by atoms with E-state index < -0.39 is 0 Å². The van der Waals surface area contributed by atoms with Crippen LogP contribution in [0.2, 0.25) is 5.02 Å². The van der Waals surface area contributed by atoms with E-state index in [4.69, 9.17) is 11.6 Å². The van der Waals surface area contributed by atoms with E-state index in [1.165, 1.54) is 0 Å². The smallest absolute Gasteiger partial charge is 0.228 e. The lowest BCUT2D eigenvalue weighted by Gasteiger charge is -2.34. The SMILES string of the molecule is CCC(C)N(Cc1cccn1Cc1cccc(Cl)c1)C(=O)C(C)(C)C. The van der Waals surface area contributed by atoms with Crippen molar-refractivity contribution in [2.75, 3.05) is 0 Å². The van der Waals surface area contributed by atoms with Crippen LogP contribution in [0, 0.1) is 5.41 Å². The third-order valence-corrected chi connectivity index (χ3v) is 4.76. The van der Waals surface area contributed by atoms with E-state index in [0.717, 1.165) is 29.2 Å². The third kappa shape index (κ3) is 5.12. The molecule has 0 radical (unpaired) electrons. The number of hydrogen-bond acceptors (Lipinski definition) is 1. The number of aromatic nitrogens is 1. The van der Waals surface area contributed by atoms with Crippen LogP contribution in [0.1, 0.15) is 52.3 Å². The van der Waals surface area contributed by atoms with E-state index in [1.807, 2.05) is 49.9 Å². The predicted molar refractivity (Wildman–Crippen MR) is 105 cm³/mol. The summed E-state index contributed by atoms with van der Waals surface area (Å²) in [6.07, 6.45) is 3.00. The first-order chi connectivity index (χ1) is 11.7. The monoisotopic (exact) mass is 360 g/mol. The molecule has 3 nitrogen and oxygen atoms in total. The molecular formula is C21H29ClN2O. The first kappa shape index (κ1) is 19.6. The largest absolute Gasteiger partial charge is 0.345 e. The first-order valence-electron chi connectivity index (χ1n) is 8.92. The van der Waals surface area contributed by atoms with Crippen molar-refractivity contribution >= 4 is 17.5 Å². The Labute approximate surface area is 156 Å². The van der Waals surface area contributed by atoms with Gasteiger partial charge in [-0.3, -0.25) is 4.79 Å². The Hall–Kier alpha value is -1.74. The van der Waals surface area contributed by atoms with Crippen molar-refractivity contribution in [3.8, 4) is 0 Å². The molecule has 0 fully saturated rings. The normalized spacial score (nSPS) is 12.9. The average molecular weight is 361 g/mol. The summed E-state index contributed by atoms with van der Waals surface area (Å²) in [6.45, 7) is 11.6. The molecule has 1 atom stereocenters. The van der Waals surface area contributed by atoms with Crippen LogP contribution >= 0.6 is 11.6 Å². The van der Waals surface area contributed by atoms with Crippen molar-refractivity contribution in [2.45, 2.75) is 60.2 Å². The molecule has 1 unspecified atom stereocenters. The zero-order chi connectivity index (χ0) is 18.6. The van der Waals surface area contributed by atoms with E-state index in [2.05, 4.69) is 36.7 Å². The molecule has 0 aliphatic heterocycles. The molecule has 0 N–H and O–H groups in total. The number of amides is 1. The molecule has 2 rings (SSSR count). The number of halogens is 1. The second-order valence-corrected chi connectivity index (χ2v) is 8.13. The fourth-order valence-corrected chi connectivity index (χ4v) is 3.05. The maximum absolute atomic E-state index is 12.9. The van der Waals surface area contributed by atoms with Gasteiger partial charge in [-0.15, -0.1) is 0 Å². The highest BCUT2D eigenvalue weighted by atomic mass is 35.5. The van der Waals surface area contributed by atoms with Gasteiger partial charge in [0.1, 0.15) is 0 Å². The minimum absolute atomic E-state index is 0.192. The predicted octanol–water partition coefficient (Wildman–Crippen LogP) is 5.36. The molecule has 0 aliphatic carbocycles. The summed E-state index contributed by atoms with van der Waals surface area (Å²) in [5.74, 6) is 0.192. The van der Waals surface area contributed by atoms with Crippen LogP contribution in [0.3, 0.4) is 0 Å². The Bertz CT molecular complexity index is 715. The highest BCUT2D eigenvalue weighted by Crippen LogP contribution is 2.23. The number of benzene rings is 1. The van der Waals surface area contributed by atoms with E-state index in [9.17, 15) is 4.79 Å². The van der Waals surface area contributed by atoms with Crippen LogP contribution in [0.25, 0.3) is 0 Å². The first-order valence-corrected chi connectivity index (χ1v) is 9.29. The standard InChI is InChI=1S/C21H29ClN2O/c1-6-16(2)24(20(25)21(3,4)5)15-19-11-8-12-23(19)14-17-9-7-10-18(22)13-17/h7-13,16H,6,14-15H2,1-5H3. The molecular weight excluding hydrogens is 332 g/mol. The quantitative estimate of drug-likeness (QED) is 0.680. The Kier molecular flexibility index (Phi) is 6.34. The molecule has 1 aromatic carbocycles. The van der Waals surface area contributed by atoms with Gasteiger partial charge < -0.3 is 9.47 Å². The summed E-state index contributed by atoms with van der Waals surface area (Å²) in [5, 5.41) is 0.746. The van der Waals surface area contributed by atoms with Gasteiger partial charge in [-0.2, -0.15) is 0 Å². The minimum Gasteiger partial charge on any atom is -0.345 e. The van der Waals surface area contributed by atoms with Crippen molar-refractivity contribution in [1.29, 1.82) is 0 Å². The maximum Gasteiger partial charge on any atom is 0.228 e. The highest BCUT2D eigenvalue weighted by Gasteiger charge is 2.30. The van der Waals surface area contributed by atoms with Crippen molar-refractivity contribution in [3.63, 3.8) is 0 Å².